The van der Waals surface area contributed by atoms with E-state index in [4.69, 9.17) is 16.0 Å². The summed E-state index contributed by atoms with van der Waals surface area (Å²) in [6.07, 6.45) is 4.98. The number of hydrogen-bond acceptors (Lipinski definition) is 10. The number of nitrogens with one attached hydrogen (secondary N) is 1. The summed E-state index contributed by atoms with van der Waals surface area (Å²) in [7, 11) is 0. The smallest absolute Gasteiger partial charge is 0.306 e. The Morgan fingerprint density at radius 2 is 2.06 bits per heavy atom. The molecule has 172 valence electrons. The number of aromatic nitrogens is 4. The normalized spacial score (nSPS) is 13.7. The number of pyridine rings is 2. The molecule has 34 heavy (non-hydrogen) atoms. The molecule has 1 aliphatic heterocycles. The highest BCUT2D eigenvalue weighted by Crippen LogP contribution is 2.42. The van der Waals surface area contributed by atoms with Crippen molar-refractivity contribution in [1.29, 1.82) is 5.26 Å². The quantitative estimate of drug-likeness (QED) is 0.375. The van der Waals surface area contributed by atoms with Crippen LogP contribution in [0.3, 0.4) is 0 Å². The number of piperidine rings is 1. The number of nitrogens with zero attached hydrogens (tertiary/aromatic N) is 6. The van der Waals surface area contributed by atoms with Gasteiger partial charge in [-0.15, -0.1) is 11.3 Å². The number of thiophene rings is 1. The van der Waals surface area contributed by atoms with E-state index in [-0.39, 0.29) is 27.8 Å². The Bertz CT molecular complexity index is 1450. The molecule has 0 saturated carbocycles. The summed E-state index contributed by atoms with van der Waals surface area (Å²) in [5.74, 6) is -0.222. The molecule has 5 rings (SSSR count). The Morgan fingerprint density at radius 3 is 2.79 bits per heavy atom. The van der Waals surface area contributed by atoms with Gasteiger partial charge in [-0.05, 0) is 38.3 Å². The zero-order chi connectivity index (χ0) is 23.8. The van der Waals surface area contributed by atoms with Crippen LogP contribution in [0.25, 0.3) is 21.5 Å². The third-order valence-electron chi connectivity index (χ3n) is 5.68. The van der Waals surface area contributed by atoms with Gasteiger partial charge in [-0.2, -0.15) is 10.3 Å². The van der Waals surface area contributed by atoms with Gasteiger partial charge in [0.2, 0.25) is 5.27 Å². The summed E-state index contributed by atoms with van der Waals surface area (Å²) in [4.78, 5) is 24.2. The second-order valence-electron chi connectivity index (χ2n) is 8.00. The van der Waals surface area contributed by atoms with E-state index < -0.39 is 5.91 Å². The fraction of sp³-hybridized carbons (Fsp3) is 0.273. The lowest BCUT2D eigenvalue weighted by Crippen LogP contribution is -2.60. The minimum atomic E-state index is -0.470. The molecule has 0 unspecified atom stereocenters. The first kappa shape index (κ1) is 21.6. The van der Waals surface area contributed by atoms with Gasteiger partial charge in [0.15, 0.2) is 0 Å². The maximum Gasteiger partial charge on any atom is 0.306 e. The average molecular weight is 477 g/mol. The fourth-order valence-electron chi connectivity index (χ4n) is 4.07. The lowest BCUT2D eigenvalue weighted by Gasteiger charge is -2.17. The third kappa shape index (κ3) is 3.75. The number of aryl methyl sites for hydroxylation is 1. The first-order chi connectivity index (χ1) is 16.5. The van der Waals surface area contributed by atoms with E-state index in [2.05, 4.69) is 26.6 Å². The SMILES string of the molecule is Cc1cccc(-c2c(C#N)c(N)nc3sc(C(=O)Nc4c[n+](N5CCCCC5)no4)c(N)c23)n1. The summed E-state index contributed by atoms with van der Waals surface area (Å²) < 4.78 is 5.30. The molecule has 1 fully saturated rings. The van der Waals surface area contributed by atoms with Crippen LogP contribution in [0.1, 0.15) is 40.2 Å². The van der Waals surface area contributed by atoms with E-state index in [1.807, 2.05) is 24.1 Å². The van der Waals surface area contributed by atoms with Crippen molar-refractivity contribution in [3.05, 3.63) is 40.5 Å². The van der Waals surface area contributed by atoms with Crippen LogP contribution < -0.4 is 26.6 Å². The Balaban J connectivity index is 1.53. The molecule has 12 heteroatoms. The third-order valence-corrected chi connectivity index (χ3v) is 6.78. The van der Waals surface area contributed by atoms with E-state index in [1.165, 1.54) is 6.42 Å². The van der Waals surface area contributed by atoms with Crippen molar-refractivity contribution in [1.82, 2.24) is 15.2 Å². The molecule has 0 radical (unpaired) electrons. The molecule has 4 aromatic heterocycles. The second-order valence-corrected chi connectivity index (χ2v) is 9.00. The van der Waals surface area contributed by atoms with Crippen LogP contribution in [0.15, 0.2) is 28.9 Å². The van der Waals surface area contributed by atoms with E-state index in [0.717, 1.165) is 43.0 Å². The monoisotopic (exact) mass is 476 g/mol. The minimum absolute atomic E-state index is 0.0549. The van der Waals surface area contributed by atoms with Gasteiger partial charge >= 0.3 is 5.88 Å². The average Bonchev–Trinajstić information content (AvgIpc) is 3.43. The Hall–Kier alpha value is -4.24. The fourth-order valence-corrected chi connectivity index (χ4v) is 5.07. The van der Waals surface area contributed by atoms with Crippen LogP contribution in [0, 0.1) is 18.3 Å². The van der Waals surface area contributed by atoms with Crippen molar-refractivity contribution in [2.45, 2.75) is 26.2 Å². The lowest BCUT2D eigenvalue weighted by molar-refractivity contribution is -0.759. The molecule has 0 aliphatic carbocycles. The van der Waals surface area contributed by atoms with Crippen molar-refractivity contribution in [3.63, 3.8) is 0 Å². The van der Waals surface area contributed by atoms with Crippen LogP contribution in [0.4, 0.5) is 17.4 Å². The number of carbonyl (C=O) groups excluding carboxylic acids is 1. The number of hydrogen-bond donors (Lipinski definition) is 3. The van der Waals surface area contributed by atoms with Gasteiger partial charge < -0.3 is 11.5 Å². The highest BCUT2D eigenvalue weighted by molar-refractivity contribution is 7.21. The van der Waals surface area contributed by atoms with Crippen LogP contribution in [0.2, 0.25) is 0 Å². The zero-order valence-corrected chi connectivity index (χ0v) is 19.2. The number of fused-ring (bicyclic) bond motifs is 1. The van der Waals surface area contributed by atoms with E-state index >= 15 is 0 Å². The molecule has 4 aromatic rings. The van der Waals surface area contributed by atoms with E-state index in [9.17, 15) is 10.1 Å². The molecule has 1 saturated heterocycles. The van der Waals surface area contributed by atoms with Gasteiger partial charge in [0.1, 0.15) is 27.2 Å². The molecule has 5 heterocycles. The molecule has 0 atom stereocenters. The van der Waals surface area contributed by atoms with Crippen molar-refractivity contribution >= 4 is 44.9 Å². The van der Waals surface area contributed by atoms with Crippen LogP contribution in [0.5, 0.6) is 0 Å². The van der Waals surface area contributed by atoms with Crippen molar-refractivity contribution in [2.24, 2.45) is 0 Å². The molecule has 5 N–H and O–H groups in total. The second kappa shape index (κ2) is 8.60. The summed E-state index contributed by atoms with van der Waals surface area (Å²) in [6.45, 7) is 3.59. The van der Waals surface area contributed by atoms with Gasteiger partial charge in [-0.25, -0.2) is 4.98 Å². The minimum Gasteiger partial charge on any atom is -0.397 e. The molecule has 0 aromatic carbocycles. The topological polar surface area (TPSA) is 164 Å². The van der Waals surface area contributed by atoms with Crippen LogP contribution in [-0.2, 0) is 0 Å². The number of nitriles is 1. The van der Waals surface area contributed by atoms with Crippen molar-refractivity contribution < 1.29 is 14.1 Å². The lowest BCUT2D eigenvalue weighted by atomic mass is 10.0. The zero-order valence-electron chi connectivity index (χ0n) is 18.4. The highest BCUT2D eigenvalue weighted by atomic mass is 32.1. The molecule has 0 bridgehead atoms. The largest absolute Gasteiger partial charge is 0.397 e. The predicted molar refractivity (Wildman–Crippen MR) is 128 cm³/mol. The van der Waals surface area contributed by atoms with Crippen LogP contribution in [-0.4, -0.2) is 34.2 Å². The van der Waals surface area contributed by atoms with Gasteiger partial charge in [0, 0.05) is 16.6 Å². The first-order valence-corrected chi connectivity index (χ1v) is 11.6. The molecule has 0 spiro atoms. The van der Waals surface area contributed by atoms with Crippen molar-refractivity contribution in [2.75, 3.05) is 34.9 Å². The van der Waals surface area contributed by atoms with E-state index in [0.29, 0.717) is 21.5 Å². The summed E-state index contributed by atoms with van der Waals surface area (Å²) >= 11 is 1.09. The maximum absolute atomic E-state index is 13.1. The van der Waals surface area contributed by atoms with Crippen molar-refractivity contribution in [3.8, 4) is 17.3 Å². The Labute approximate surface area is 198 Å². The molecular formula is C22H22N9O2S+. The number of nitrogens with two attached hydrogens (primary N) is 2. The predicted octanol–water partition coefficient (Wildman–Crippen LogP) is 2.35. The van der Waals surface area contributed by atoms with Gasteiger partial charge in [-0.1, -0.05) is 6.07 Å². The Kier molecular flexibility index (Phi) is 5.46. The molecular weight excluding hydrogens is 454 g/mol. The number of rotatable bonds is 4. The molecule has 1 amide bonds. The highest BCUT2D eigenvalue weighted by Gasteiger charge is 2.27. The van der Waals surface area contributed by atoms with Gasteiger partial charge in [0.25, 0.3) is 12.1 Å². The van der Waals surface area contributed by atoms with Crippen LogP contribution >= 0.6 is 11.3 Å². The number of carbonyl (C=O) groups is 1. The Morgan fingerprint density at radius 1 is 1.26 bits per heavy atom. The van der Waals surface area contributed by atoms with E-state index in [1.54, 1.807) is 17.1 Å². The summed E-state index contributed by atoms with van der Waals surface area (Å²) in [5, 5.41) is 19.0. The maximum atomic E-state index is 13.1. The summed E-state index contributed by atoms with van der Waals surface area (Å²) in [5.41, 5.74) is 14.6. The molecule has 11 nitrogen and oxygen atoms in total. The number of amides is 1. The molecule has 1 aliphatic rings. The number of anilines is 3. The van der Waals surface area contributed by atoms with Gasteiger partial charge in [-0.3, -0.25) is 19.6 Å². The standard InChI is InChI=1S/C22H21N9O2S/c1-12-6-5-7-14(26-12)16-13(10-23)20(25)28-22-17(16)18(24)19(34-22)21(32)27-15-11-31(29-33-15)30-8-3-2-4-9-30/h5-7,11H,2-4,8-9H2,1H3,(H4-,24,25,27,28,29,32)/p+1. The van der Waals surface area contributed by atoms with Gasteiger partial charge in [0.05, 0.1) is 29.3 Å². The number of nitrogen functional groups attached to an aromatic ring is 2. The first-order valence-electron chi connectivity index (χ1n) is 10.8. The summed E-state index contributed by atoms with van der Waals surface area (Å²) in [6, 6.07) is 7.55.